The molecule has 0 aliphatic rings. The van der Waals surface area contributed by atoms with E-state index >= 15 is 0 Å². The standard InChI is InChI=1S/C15H17ClN4OS2/c1-4-8-17-14-19-20-15(23-14)22-10(3)13(21)18-12-7-5-6-11(16)9(12)2/h4-7,10H,1,8H2,2-3H3,(H,17,19)(H,18,21). The molecule has 0 radical (unpaired) electrons. The monoisotopic (exact) mass is 368 g/mol. The van der Waals surface area contributed by atoms with Crippen LogP contribution >= 0.6 is 34.7 Å². The van der Waals surface area contributed by atoms with Gasteiger partial charge < -0.3 is 10.6 Å². The minimum absolute atomic E-state index is 0.101. The van der Waals surface area contributed by atoms with Crippen molar-refractivity contribution in [3.05, 3.63) is 41.4 Å². The maximum atomic E-state index is 12.3. The first-order valence-electron chi connectivity index (χ1n) is 6.92. The van der Waals surface area contributed by atoms with E-state index in [0.29, 0.717) is 16.7 Å². The molecule has 23 heavy (non-hydrogen) atoms. The van der Waals surface area contributed by atoms with Crippen LogP contribution in [0.1, 0.15) is 12.5 Å². The van der Waals surface area contributed by atoms with Gasteiger partial charge in [-0.15, -0.1) is 16.8 Å². The molecule has 2 N–H and O–H groups in total. The van der Waals surface area contributed by atoms with Crippen molar-refractivity contribution in [2.75, 3.05) is 17.2 Å². The Kier molecular flexibility index (Phi) is 6.44. The molecule has 1 unspecified atom stereocenters. The Labute approximate surface area is 148 Å². The molecule has 1 amide bonds. The first kappa shape index (κ1) is 17.8. The van der Waals surface area contributed by atoms with Crippen molar-refractivity contribution in [1.29, 1.82) is 0 Å². The van der Waals surface area contributed by atoms with Crippen molar-refractivity contribution in [2.45, 2.75) is 23.4 Å². The fraction of sp³-hybridized carbons (Fsp3) is 0.267. The van der Waals surface area contributed by atoms with Gasteiger partial charge in [-0.05, 0) is 31.5 Å². The highest BCUT2D eigenvalue weighted by molar-refractivity contribution is 8.02. The summed E-state index contributed by atoms with van der Waals surface area (Å²) in [6, 6.07) is 5.44. The normalized spacial score (nSPS) is 11.8. The van der Waals surface area contributed by atoms with E-state index in [-0.39, 0.29) is 11.2 Å². The lowest BCUT2D eigenvalue weighted by Crippen LogP contribution is -2.22. The van der Waals surface area contributed by atoms with Crippen molar-refractivity contribution >= 4 is 51.4 Å². The molecule has 0 fully saturated rings. The summed E-state index contributed by atoms with van der Waals surface area (Å²) in [5.74, 6) is -0.101. The number of aromatic nitrogens is 2. The van der Waals surface area contributed by atoms with Gasteiger partial charge in [-0.1, -0.05) is 46.8 Å². The predicted molar refractivity (Wildman–Crippen MR) is 98.7 cm³/mol. The molecule has 0 spiro atoms. The summed E-state index contributed by atoms with van der Waals surface area (Å²) in [7, 11) is 0. The maximum Gasteiger partial charge on any atom is 0.237 e. The second-order valence-electron chi connectivity index (χ2n) is 4.70. The van der Waals surface area contributed by atoms with Gasteiger partial charge in [0, 0.05) is 17.3 Å². The smallest absolute Gasteiger partial charge is 0.237 e. The maximum absolute atomic E-state index is 12.3. The highest BCUT2D eigenvalue weighted by Gasteiger charge is 2.18. The Morgan fingerprint density at radius 2 is 2.30 bits per heavy atom. The van der Waals surface area contributed by atoms with Crippen LogP contribution in [0.5, 0.6) is 0 Å². The van der Waals surface area contributed by atoms with Gasteiger partial charge in [-0.2, -0.15) is 0 Å². The van der Waals surface area contributed by atoms with Crippen LogP contribution in [-0.2, 0) is 4.79 Å². The van der Waals surface area contributed by atoms with Crippen LogP contribution in [0.2, 0.25) is 5.02 Å². The zero-order valence-corrected chi connectivity index (χ0v) is 15.2. The molecule has 0 saturated heterocycles. The van der Waals surface area contributed by atoms with Gasteiger partial charge in [0.1, 0.15) is 0 Å². The van der Waals surface area contributed by atoms with Crippen molar-refractivity contribution in [2.24, 2.45) is 0 Å². The van der Waals surface area contributed by atoms with Gasteiger partial charge in [0.2, 0.25) is 11.0 Å². The van der Waals surface area contributed by atoms with Gasteiger partial charge in [-0.25, -0.2) is 0 Å². The van der Waals surface area contributed by atoms with E-state index in [4.69, 9.17) is 11.6 Å². The number of anilines is 2. The third-order valence-corrected chi connectivity index (χ3v) is 5.45. The van der Waals surface area contributed by atoms with E-state index < -0.39 is 0 Å². The number of nitrogens with zero attached hydrogens (tertiary/aromatic N) is 2. The molecule has 5 nitrogen and oxygen atoms in total. The number of nitrogens with one attached hydrogen (secondary N) is 2. The molecule has 1 aromatic heterocycles. The molecule has 8 heteroatoms. The van der Waals surface area contributed by atoms with Crippen LogP contribution in [0.3, 0.4) is 0 Å². The molecule has 0 aliphatic heterocycles. The van der Waals surface area contributed by atoms with Crippen molar-refractivity contribution in [3.8, 4) is 0 Å². The number of carbonyl (C=O) groups is 1. The summed E-state index contributed by atoms with van der Waals surface area (Å²) in [5, 5.41) is 15.1. The van der Waals surface area contributed by atoms with Crippen LogP contribution in [-0.4, -0.2) is 27.9 Å². The highest BCUT2D eigenvalue weighted by Crippen LogP contribution is 2.30. The van der Waals surface area contributed by atoms with Crippen molar-refractivity contribution in [1.82, 2.24) is 10.2 Å². The Bertz CT molecular complexity index is 705. The van der Waals surface area contributed by atoms with E-state index in [1.165, 1.54) is 23.1 Å². The Balaban J connectivity index is 1.95. The molecular weight excluding hydrogens is 352 g/mol. The SMILES string of the molecule is C=CCNc1nnc(SC(C)C(=O)Nc2cccc(Cl)c2C)s1. The number of rotatable bonds is 7. The zero-order valence-electron chi connectivity index (χ0n) is 12.8. The molecule has 0 bridgehead atoms. The quantitative estimate of drug-likeness (QED) is 0.565. The van der Waals surface area contributed by atoms with E-state index in [9.17, 15) is 4.79 Å². The predicted octanol–water partition coefficient (Wildman–Crippen LogP) is 4.22. The molecule has 0 saturated carbocycles. The Morgan fingerprint density at radius 3 is 3.04 bits per heavy atom. The van der Waals surface area contributed by atoms with Crippen LogP contribution in [0, 0.1) is 6.92 Å². The molecule has 122 valence electrons. The van der Waals surface area contributed by atoms with Gasteiger partial charge in [-0.3, -0.25) is 4.79 Å². The third-order valence-electron chi connectivity index (χ3n) is 2.98. The van der Waals surface area contributed by atoms with Crippen LogP contribution in [0.25, 0.3) is 0 Å². The average molecular weight is 369 g/mol. The average Bonchev–Trinajstić information content (AvgIpc) is 2.97. The lowest BCUT2D eigenvalue weighted by molar-refractivity contribution is -0.115. The molecule has 0 aliphatic carbocycles. The van der Waals surface area contributed by atoms with Gasteiger partial charge in [0.15, 0.2) is 4.34 Å². The van der Waals surface area contributed by atoms with Crippen molar-refractivity contribution in [3.63, 3.8) is 0 Å². The number of thioether (sulfide) groups is 1. The minimum Gasteiger partial charge on any atom is -0.357 e. The number of amides is 1. The first-order valence-corrected chi connectivity index (χ1v) is 8.99. The number of halogens is 1. The Hall–Kier alpha value is -1.57. The van der Waals surface area contributed by atoms with Crippen LogP contribution in [0.4, 0.5) is 10.8 Å². The largest absolute Gasteiger partial charge is 0.357 e. The molecule has 2 aromatic rings. The lowest BCUT2D eigenvalue weighted by Gasteiger charge is -2.12. The fourth-order valence-electron chi connectivity index (χ4n) is 1.67. The molecule has 2 rings (SSSR count). The summed E-state index contributed by atoms with van der Waals surface area (Å²) >= 11 is 8.84. The zero-order chi connectivity index (χ0) is 16.8. The Morgan fingerprint density at radius 1 is 1.52 bits per heavy atom. The lowest BCUT2D eigenvalue weighted by atomic mass is 10.2. The summed E-state index contributed by atoms with van der Waals surface area (Å²) < 4.78 is 0.738. The number of hydrogen-bond donors (Lipinski definition) is 2. The summed E-state index contributed by atoms with van der Waals surface area (Å²) in [6.45, 7) is 7.97. The van der Waals surface area contributed by atoms with E-state index in [1.807, 2.05) is 26.0 Å². The van der Waals surface area contributed by atoms with E-state index in [0.717, 1.165) is 15.6 Å². The number of carbonyl (C=O) groups excluding carboxylic acids is 1. The topological polar surface area (TPSA) is 66.9 Å². The first-order chi connectivity index (χ1) is 11.0. The highest BCUT2D eigenvalue weighted by atomic mass is 35.5. The summed E-state index contributed by atoms with van der Waals surface area (Å²) in [4.78, 5) is 12.3. The van der Waals surface area contributed by atoms with Crippen LogP contribution in [0.15, 0.2) is 35.2 Å². The van der Waals surface area contributed by atoms with Gasteiger partial charge in [0.25, 0.3) is 0 Å². The second kappa shape index (κ2) is 8.33. The second-order valence-corrected chi connectivity index (χ2v) is 7.68. The molecular formula is C15H17ClN4OS2. The summed E-state index contributed by atoms with van der Waals surface area (Å²) in [6.07, 6.45) is 1.75. The fourth-order valence-corrected chi connectivity index (χ4v) is 3.75. The molecule has 1 aromatic carbocycles. The summed E-state index contributed by atoms with van der Waals surface area (Å²) in [5.41, 5.74) is 1.58. The molecule has 1 heterocycles. The third kappa shape index (κ3) is 4.95. The van der Waals surface area contributed by atoms with Crippen molar-refractivity contribution < 1.29 is 4.79 Å². The van der Waals surface area contributed by atoms with E-state index in [2.05, 4.69) is 27.4 Å². The van der Waals surface area contributed by atoms with E-state index in [1.54, 1.807) is 12.1 Å². The van der Waals surface area contributed by atoms with Crippen LogP contribution < -0.4 is 10.6 Å². The van der Waals surface area contributed by atoms with Gasteiger partial charge in [0.05, 0.1) is 5.25 Å². The minimum atomic E-state index is -0.298. The number of benzene rings is 1. The molecule has 1 atom stereocenters. The van der Waals surface area contributed by atoms with Gasteiger partial charge >= 0.3 is 0 Å². The number of hydrogen-bond acceptors (Lipinski definition) is 6.